The third kappa shape index (κ3) is 8.01. The van der Waals surface area contributed by atoms with E-state index in [0.717, 1.165) is 5.56 Å². The summed E-state index contributed by atoms with van der Waals surface area (Å²) in [6.07, 6.45) is -1.61. The molecule has 198 valence electrons. The van der Waals surface area contributed by atoms with Crippen molar-refractivity contribution in [2.45, 2.75) is 43.9 Å². The second-order valence-electron chi connectivity index (χ2n) is 7.98. The Hall–Kier alpha value is -3.54. The maximum atomic E-state index is 12.7. The molecule has 0 saturated carbocycles. The van der Waals surface area contributed by atoms with Gasteiger partial charge in [-0.15, -0.1) is 0 Å². The minimum absolute atomic E-state index is 0.0465. The van der Waals surface area contributed by atoms with Crippen LogP contribution < -0.4 is 19.9 Å². The smallest absolute Gasteiger partial charge is 0.323 e. The molecular formula is C25H33NO10. The summed E-state index contributed by atoms with van der Waals surface area (Å²) in [6.45, 7) is -0.536. The molecule has 0 aliphatic carbocycles. The summed E-state index contributed by atoms with van der Waals surface area (Å²) >= 11 is 0. The molecule has 0 fully saturated rings. The average molecular weight is 508 g/mol. The second-order valence-corrected chi connectivity index (χ2v) is 7.98. The lowest BCUT2D eigenvalue weighted by molar-refractivity contribution is -0.158. The van der Waals surface area contributed by atoms with Gasteiger partial charge in [0.2, 0.25) is 0 Å². The number of ether oxygens (including phenoxy) is 4. The lowest BCUT2D eigenvalue weighted by Gasteiger charge is -2.28. The van der Waals surface area contributed by atoms with Crippen molar-refractivity contribution >= 4 is 11.9 Å². The first-order valence-electron chi connectivity index (χ1n) is 11.3. The fraction of sp³-hybridized carbons (Fsp3) is 0.440. The van der Waals surface area contributed by atoms with Crippen molar-refractivity contribution in [3.05, 3.63) is 47.5 Å². The van der Waals surface area contributed by atoms with Crippen molar-refractivity contribution < 1.29 is 49.0 Å². The standard InChI is InChI=1S/C25H33NO10/c1-33-20-13-16(6-8-18(20)29)24(36-25(32)17(26)7-10-23(30)31)22(14-28)35-19-9-5-15(4-3-11-27)12-21(19)34-2/h5-6,8-9,12-13,17,22,24,27-29H,3-4,7,10-11,14,26H2,1-2H3,(H,30,31)/t17?,22-,24-/m1/s1. The number of methoxy groups -OCH3 is 2. The van der Waals surface area contributed by atoms with Gasteiger partial charge in [-0.05, 0) is 49.1 Å². The lowest BCUT2D eigenvalue weighted by atomic mass is 10.0. The van der Waals surface area contributed by atoms with Crippen molar-refractivity contribution in [2.24, 2.45) is 5.73 Å². The highest BCUT2D eigenvalue weighted by atomic mass is 16.6. The molecule has 2 aromatic rings. The number of carbonyl (C=O) groups is 2. The Morgan fingerprint density at radius 3 is 2.33 bits per heavy atom. The zero-order chi connectivity index (χ0) is 26.7. The summed E-state index contributed by atoms with van der Waals surface area (Å²) in [6, 6.07) is 8.19. The highest BCUT2D eigenvalue weighted by Crippen LogP contribution is 2.35. The van der Waals surface area contributed by atoms with Gasteiger partial charge in [0, 0.05) is 18.6 Å². The fourth-order valence-corrected chi connectivity index (χ4v) is 3.45. The van der Waals surface area contributed by atoms with E-state index in [1.807, 2.05) is 0 Å². The number of hydrogen-bond donors (Lipinski definition) is 5. The van der Waals surface area contributed by atoms with Crippen LogP contribution in [-0.4, -0.2) is 71.9 Å². The quantitative estimate of drug-likeness (QED) is 0.221. The molecule has 2 rings (SSSR count). The Bertz CT molecular complexity index is 1010. The Balaban J connectivity index is 2.38. The minimum Gasteiger partial charge on any atom is -0.504 e. The van der Waals surface area contributed by atoms with Gasteiger partial charge in [-0.2, -0.15) is 0 Å². The van der Waals surface area contributed by atoms with Crippen molar-refractivity contribution in [3.8, 4) is 23.0 Å². The monoisotopic (exact) mass is 507 g/mol. The highest BCUT2D eigenvalue weighted by Gasteiger charge is 2.32. The summed E-state index contributed by atoms with van der Waals surface area (Å²) in [4.78, 5) is 23.5. The summed E-state index contributed by atoms with van der Waals surface area (Å²) in [5, 5.41) is 38.1. The SMILES string of the molecule is COc1cc([C@@H](OC(=O)C(N)CCC(=O)O)[C@@H](CO)Oc2ccc(CCCO)cc2OC)ccc1O. The van der Waals surface area contributed by atoms with Crippen molar-refractivity contribution in [3.63, 3.8) is 0 Å². The highest BCUT2D eigenvalue weighted by molar-refractivity contribution is 5.77. The molecule has 11 heteroatoms. The van der Waals surface area contributed by atoms with E-state index in [4.69, 9.17) is 34.9 Å². The van der Waals surface area contributed by atoms with Crippen LogP contribution in [-0.2, 0) is 20.7 Å². The third-order valence-corrected chi connectivity index (χ3v) is 5.39. The van der Waals surface area contributed by atoms with Crippen LogP contribution in [0.1, 0.15) is 36.5 Å². The average Bonchev–Trinajstić information content (AvgIpc) is 2.88. The Morgan fingerprint density at radius 1 is 1.00 bits per heavy atom. The lowest BCUT2D eigenvalue weighted by Crippen LogP contribution is -2.38. The molecule has 36 heavy (non-hydrogen) atoms. The zero-order valence-electron chi connectivity index (χ0n) is 20.3. The Labute approximate surface area is 209 Å². The van der Waals surface area contributed by atoms with E-state index in [1.54, 1.807) is 18.2 Å². The number of aliphatic carboxylic acids is 1. The molecule has 11 nitrogen and oxygen atoms in total. The molecule has 1 unspecified atom stereocenters. The van der Waals surface area contributed by atoms with Gasteiger partial charge >= 0.3 is 11.9 Å². The van der Waals surface area contributed by atoms with E-state index in [-0.39, 0.29) is 36.7 Å². The Morgan fingerprint density at radius 2 is 1.72 bits per heavy atom. The van der Waals surface area contributed by atoms with Gasteiger partial charge in [-0.25, -0.2) is 0 Å². The molecule has 0 aliphatic rings. The van der Waals surface area contributed by atoms with E-state index < -0.39 is 36.8 Å². The number of benzene rings is 2. The molecular weight excluding hydrogens is 474 g/mol. The molecule has 0 spiro atoms. The summed E-state index contributed by atoms with van der Waals surface area (Å²) in [7, 11) is 2.81. The number of carboxylic acids is 1. The predicted molar refractivity (Wildman–Crippen MR) is 128 cm³/mol. The Kier molecular flexibility index (Phi) is 11.3. The molecule has 0 bridgehead atoms. The molecule has 0 saturated heterocycles. The van der Waals surface area contributed by atoms with E-state index >= 15 is 0 Å². The number of aryl methyl sites for hydroxylation is 1. The number of aliphatic hydroxyl groups is 2. The van der Waals surface area contributed by atoms with Gasteiger partial charge < -0.3 is 45.1 Å². The normalized spacial score (nSPS) is 13.4. The number of phenols is 1. The third-order valence-electron chi connectivity index (χ3n) is 5.39. The van der Waals surface area contributed by atoms with Crippen molar-refractivity contribution in [1.82, 2.24) is 0 Å². The first kappa shape index (κ1) is 28.7. The molecule has 0 amide bonds. The van der Waals surface area contributed by atoms with Crippen LogP contribution >= 0.6 is 0 Å². The van der Waals surface area contributed by atoms with Gasteiger partial charge in [0.25, 0.3) is 0 Å². The number of carboxylic acid groups (broad SMARTS) is 1. The molecule has 2 aromatic carbocycles. The van der Waals surface area contributed by atoms with Crippen LogP contribution in [0.5, 0.6) is 23.0 Å². The van der Waals surface area contributed by atoms with Crippen LogP contribution in [0.2, 0.25) is 0 Å². The number of nitrogens with two attached hydrogens (primary N) is 1. The van der Waals surface area contributed by atoms with Gasteiger partial charge in [-0.1, -0.05) is 12.1 Å². The van der Waals surface area contributed by atoms with Crippen LogP contribution in [0.15, 0.2) is 36.4 Å². The number of hydrogen-bond acceptors (Lipinski definition) is 10. The summed E-state index contributed by atoms with van der Waals surface area (Å²) in [5.41, 5.74) is 7.07. The summed E-state index contributed by atoms with van der Waals surface area (Å²) in [5.74, 6) is -1.40. The molecule has 6 N–H and O–H groups in total. The topological polar surface area (TPSA) is 178 Å². The van der Waals surface area contributed by atoms with E-state index in [0.29, 0.717) is 24.2 Å². The van der Waals surface area contributed by atoms with Gasteiger partial charge in [-0.3, -0.25) is 9.59 Å². The first-order valence-corrected chi connectivity index (χ1v) is 11.3. The number of carbonyl (C=O) groups excluding carboxylic acids is 1. The van der Waals surface area contributed by atoms with E-state index in [1.165, 1.54) is 32.4 Å². The zero-order valence-corrected chi connectivity index (χ0v) is 20.3. The van der Waals surface area contributed by atoms with E-state index in [2.05, 4.69) is 0 Å². The second kappa shape index (κ2) is 14.1. The van der Waals surface area contributed by atoms with Crippen LogP contribution in [0.25, 0.3) is 0 Å². The number of esters is 1. The maximum absolute atomic E-state index is 12.7. The maximum Gasteiger partial charge on any atom is 0.323 e. The first-order chi connectivity index (χ1) is 17.2. The van der Waals surface area contributed by atoms with Gasteiger partial charge in [0.05, 0.1) is 20.8 Å². The molecule has 0 heterocycles. The number of phenolic OH excluding ortho intramolecular Hbond substituents is 1. The van der Waals surface area contributed by atoms with Crippen LogP contribution in [0.4, 0.5) is 0 Å². The van der Waals surface area contributed by atoms with Crippen molar-refractivity contribution in [2.75, 3.05) is 27.4 Å². The number of aliphatic hydroxyl groups excluding tert-OH is 2. The van der Waals surface area contributed by atoms with Crippen LogP contribution in [0.3, 0.4) is 0 Å². The van der Waals surface area contributed by atoms with Crippen LogP contribution in [0, 0.1) is 0 Å². The molecule has 0 aromatic heterocycles. The molecule has 3 atom stereocenters. The largest absolute Gasteiger partial charge is 0.504 e. The van der Waals surface area contributed by atoms with Gasteiger partial charge in [0.15, 0.2) is 35.2 Å². The number of aromatic hydroxyl groups is 1. The van der Waals surface area contributed by atoms with E-state index in [9.17, 15) is 19.8 Å². The number of rotatable bonds is 15. The molecule has 0 aliphatic heterocycles. The summed E-state index contributed by atoms with van der Waals surface area (Å²) < 4.78 is 22.2. The fourth-order valence-electron chi connectivity index (χ4n) is 3.45. The van der Waals surface area contributed by atoms with Gasteiger partial charge in [0.1, 0.15) is 6.04 Å². The minimum atomic E-state index is -1.22. The molecule has 0 radical (unpaired) electrons. The van der Waals surface area contributed by atoms with Crippen molar-refractivity contribution in [1.29, 1.82) is 0 Å². The predicted octanol–water partition coefficient (Wildman–Crippen LogP) is 1.55.